The van der Waals surface area contributed by atoms with Crippen LogP contribution in [0.25, 0.3) is 0 Å². The molecule has 94 valence electrons. The van der Waals surface area contributed by atoms with Crippen LogP contribution in [0.1, 0.15) is 22.8 Å². The van der Waals surface area contributed by atoms with Gasteiger partial charge in [0.25, 0.3) is 5.91 Å². The van der Waals surface area contributed by atoms with Crippen LogP contribution in [0.3, 0.4) is 0 Å². The summed E-state index contributed by atoms with van der Waals surface area (Å²) in [6.45, 7) is 3.19. The summed E-state index contributed by atoms with van der Waals surface area (Å²) in [5, 5.41) is 0. The number of hydrogen-bond donors (Lipinski definition) is 0. The summed E-state index contributed by atoms with van der Waals surface area (Å²) >= 11 is 5.61. The quantitative estimate of drug-likeness (QED) is 0.766. The Morgan fingerprint density at radius 3 is 2.59 bits per heavy atom. The zero-order chi connectivity index (χ0) is 13.2. The molecule has 1 aromatic carbocycles. The van der Waals surface area contributed by atoms with Gasteiger partial charge >= 0.3 is 0 Å². The molecule has 0 aliphatic heterocycles. The highest BCUT2D eigenvalue weighted by Crippen LogP contribution is 2.18. The lowest BCUT2D eigenvalue weighted by atomic mass is 10.1. The van der Waals surface area contributed by atoms with Crippen LogP contribution in [0.5, 0.6) is 0 Å². The molecule has 0 heterocycles. The van der Waals surface area contributed by atoms with Gasteiger partial charge in [-0.25, -0.2) is 8.78 Å². The Bertz CT molecular complexity index is 437. The monoisotopic (exact) mass is 261 g/mol. The van der Waals surface area contributed by atoms with Gasteiger partial charge in [0.15, 0.2) is 0 Å². The molecule has 1 rings (SSSR count). The molecule has 5 heteroatoms. The molecule has 0 aliphatic rings. The van der Waals surface area contributed by atoms with E-state index in [9.17, 15) is 13.6 Å². The van der Waals surface area contributed by atoms with Crippen molar-refractivity contribution in [3.05, 3.63) is 34.9 Å². The SMILES string of the molecule is Cc1ccc(F)c(C(=O)N(C)C(C)CCl)c1F. The first-order chi connectivity index (χ1) is 7.90. The van der Waals surface area contributed by atoms with Crippen molar-refractivity contribution in [2.75, 3.05) is 12.9 Å². The number of carbonyl (C=O) groups excluding carboxylic acids is 1. The van der Waals surface area contributed by atoms with Crippen molar-refractivity contribution < 1.29 is 13.6 Å². The van der Waals surface area contributed by atoms with Gasteiger partial charge in [-0.05, 0) is 25.5 Å². The molecule has 0 spiro atoms. The standard InChI is InChI=1S/C12H14ClF2NO/c1-7-4-5-9(14)10(11(7)15)12(17)16(3)8(2)6-13/h4-5,8H,6H2,1-3H3. The van der Waals surface area contributed by atoms with Crippen LogP contribution < -0.4 is 0 Å². The molecule has 2 nitrogen and oxygen atoms in total. The van der Waals surface area contributed by atoms with E-state index in [2.05, 4.69) is 0 Å². The van der Waals surface area contributed by atoms with Crippen LogP contribution >= 0.6 is 11.6 Å². The summed E-state index contributed by atoms with van der Waals surface area (Å²) in [5.41, 5.74) is -0.286. The first kappa shape index (κ1) is 13.9. The first-order valence-electron chi connectivity index (χ1n) is 5.17. The Balaban J connectivity index is 3.17. The molecule has 0 aliphatic carbocycles. The molecule has 0 radical (unpaired) electrons. The molecule has 0 saturated heterocycles. The minimum Gasteiger partial charge on any atom is -0.338 e. The molecule has 1 amide bonds. The number of hydrogen-bond acceptors (Lipinski definition) is 1. The van der Waals surface area contributed by atoms with E-state index in [0.717, 1.165) is 6.07 Å². The number of rotatable bonds is 3. The molecule has 1 aromatic rings. The van der Waals surface area contributed by atoms with Gasteiger partial charge in [0.1, 0.15) is 17.2 Å². The second-order valence-electron chi connectivity index (χ2n) is 3.97. The fourth-order valence-electron chi connectivity index (χ4n) is 1.33. The molecule has 1 unspecified atom stereocenters. The molecule has 0 saturated carbocycles. The van der Waals surface area contributed by atoms with E-state index in [0.29, 0.717) is 0 Å². The predicted molar refractivity (Wildman–Crippen MR) is 63.4 cm³/mol. The predicted octanol–water partition coefficient (Wildman–Crippen LogP) is 2.97. The molecule has 0 aromatic heterocycles. The van der Waals surface area contributed by atoms with E-state index in [1.54, 1.807) is 6.92 Å². The number of nitrogens with zero attached hydrogens (tertiary/aromatic N) is 1. The Morgan fingerprint density at radius 2 is 2.06 bits per heavy atom. The average molecular weight is 262 g/mol. The average Bonchev–Trinajstić information content (AvgIpc) is 2.32. The minimum absolute atomic E-state index is 0.206. The molecule has 1 atom stereocenters. The van der Waals surface area contributed by atoms with E-state index < -0.39 is 23.1 Å². The second kappa shape index (κ2) is 5.45. The Labute approximate surface area is 104 Å². The number of carbonyl (C=O) groups is 1. The maximum atomic E-state index is 13.7. The highest BCUT2D eigenvalue weighted by molar-refractivity contribution is 6.18. The highest BCUT2D eigenvalue weighted by atomic mass is 35.5. The van der Waals surface area contributed by atoms with E-state index in [4.69, 9.17) is 11.6 Å². The zero-order valence-corrected chi connectivity index (χ0v) is 10.7. The molecule has 0 N–H and O–H groups in total. The largest absolute Gasteiger partial charge is 0.338 e. The fraction of sp³-hybridized carbons (Fsp3) is 0.417. The molecular formula is C12H14ClF2NO. The van der Waals surface area contributed by atoms with Crippen molar-refractivity contribution >= 4 is 17.5 Å². The van der Waals surface area contributed by atoms with E-state index >= 15 is 0 Å². The van der Waals surface area contributed by atoms with Gasteiger partial charge < -0.3 is 4.90 Å². The number of alkyl halides is 1. The van der Waals surface area contributed by atoms with Crippen LogP contribution in [0.4, 0.5) is 8.78 Å². The first-order valence-corrected chi connectivity index (χ1v) is 5.71. The van der Waals surface area contributed by atoms with Gasteiger partial charge in [-0.3, -0.25) is 4.79 Å². The number of benzene rings is 1. The van der Waals surface area contributed by atoms with Gasteiger partial charge in [0.2, 0.25) is 0 Å². The lowest BCUT2D eigenvalue weighted by molar-refractivity contribution is 0.0746. The van der Waals surface area contributed by atoms with Crippen LogP contribution in [0.2, 0.25) is 0 Å². The molecular weight excluding hydrogens is 248 g/mol. The zero-order valence-electron chi connectivity index (χ0n) is 9.93. The summed E-state index contributed by atoms with van der Waals surface area (Å²) in [4.78, 5) is 13.2. The summed E-state index contributed by atoms with van der Waals surface area (Å²) < 4.78 is 27.2. The van der Waals surface area contributed by atoms with Crippen LogP contribution in [0.15, 0.2) is 12.1 Å². The topological polar surface area (TPSA) is 20.3 Å². The van der Waals surface area contributed by atoms with Gasteiger partial charge in [0, 0.05) is 19.0 Å². The maximum absolute atomic E-state index is 13.7. The lowest BCUT2D eigenvalue weighted by Gasteiger charge is -2.23. The third-order valence-corrected chi connectivity index (χ3v) is 3.15. The smallest absolute Gasteiger partial charge is 0.259 e. The van der Waals surface area contributed by atoms with Crippen LogP contribution in [-0.4, -0.2) is 29.8 Å². The Hall–Kier alpha value is -1.16. The molecule has 17 heavy (non-hydrogen) atoms. The van der Waals surface area contributed by atoms with Crippen molar-refractivity contribution in [1.82, 2.24) is 4.90 Å². The van der Waals surface area contributed by atoms with Gasteiger partial charge in [-0.1, -0.05) is 6.07 Å². The second-order valence-corrected chi connectivity index (χ2v) is 4.28. The van der Waals surface area contributed by atoms with Crippen molar-refractivity contribution in [2.24, 2.45) is 0 Å². The number of amides is 1. The summed E-state index contributed by atoms with van der Waals surface area (Å²) in [7, 11) is 1.47. The highest BCUT2D eigenvalue weighted by Gasteiger charge is 2.24. The third kappa shape index (κ3) is 2.75. The Morgan fingerprint density at radius 1 is 1.47 bits per heavy atom. The molecule has 0 fully saturated rings. The van der Waals surface area contributed by atoms with E-state index in [1.165, 1.54) is 24.9 Å². The number of halogens is 3. The third-order valence-electron chi connectivity index (χ3n) is 2.70. The maximum Gasteiger partial charge on any atom is 0.259 e. The Kier molecular flexibility index (Phi) is 4.46. The van der Waals surface area contributed by atoms with Crippen LogP contribution in [-0.2, 0) is 0 Å². The summed E-state index contributed by atoms with van der Waals surface area (Å²) in [6.07, 6.45) is 0. The van der Waals surface area contributed by atoms with Gasteiger partial charge in [0.05, 0.1) is 0 Å². The van der Waals surface area contributed by atoms with Crippen molar-refractivity contribution in [2.45, 2.75) is 19.9 Å². The fourth-order valence-corrected chi connectivity index (χ4v) is 1.54. The lowest BCUT2D eigenvalue weighted by Crippen LogP contribution is -2.37. The summed E-state index contributed by atoms with van der Waals surface area (Å²) in [6, 6.07) is 2.10. The van der Waals surface area contributed by atoms with Crippen molar-refractivity contribution in [3.8, 4) is 0 Å². The van der Waals surface area contributed by atoms with Gasteiger partial charge in [-0.2, -0.15) is 0 Å². The van der Waals surface area contributed by atoms with Gasteiger partial charge in [-0.15, -0.1) is 11.6 Å². The summed E-state index contributed by atoms with van der Waals surface area (Å²) in [5.74, 6) is -2.16. The van der Waals surface area contributed by atoms with Crippen molar-refractivity contribution in [3.63, 3.8) is 0 Å². The van der Waals surface area contributed by atoms with Crippen molar-refractivity contribution in [1.29, 1.82) is 0 Å². The van der Waals surface area contributed by atoms with E-state index in [1.807, 2.05) is 0 Å². The normalized spacial score (nSPS) is 12.4. The molecule has 0 bridgehead atoms. The van der Waals surface area contributed by atoms with E-state index in [-0.39, 0.29) is 17.5 Å². The number of aryl methyl sites for hydroxylation is 1. The minimum atomic E-state index is -0.855. The van der Waals surface area contributed by atoms with Crippen LogP contribution in [0, 0.1) is 18.6 Å².